The molecule has 1 amide bonds. The van der Waals surface area contributed by atoms with Crippen LogP contribution in [0.15, 0.2) is 16.7 Å². The first-order chi connectivity index (χ1) is 7.72. The average Bonchev–Trinajstić information content (AvgIpc) is 2.76. The summed E-state index contributed by atoms with van der Waals surface area (Å²) in [6, 6.07) is 1.71. The Morgan fingerprint density at radius 1 is 1.69 bits per heavy atom. The number of carbonyl (C=O) groups excluding carboxylic acids is 1. The van der Waals surface area contributed by atoms with Crippen molar-refractivity contribution in [1.29, 1.82) is 0 Å². The zero-order valence-electron chi connectivity index (χ0n) is 9.48. The first kappa shape index (κ1) is 11.2. The number of furan rings is 1. The van der Waals surface area contributed by atoms with Crippen LogP contribution in [0.2, 0.25) is 0 Å². The van der Waals surface area contributed by atoms with E-state index in [4.69, 9.17) is 4.42 Å². The molecule has 1 unspecified atom stereocenters. The van der Waals surface area contributed by atoms with Crippen LogP contribution in [0.3, 0.4) is 0 Å². The number of nitrogens with zero attached hydrogens (tertiary/aromatic N) is 1. The molecule has 1 aromatic rings. The summed E-state index contributed by atoms with van der Waals surface area (Å²) in [5.41, 5.74) is 0.636. The molecule has 1 aliphatic rings. The van der Waals surface area contributed by atoms with Gasteiger partial charge >= 0.3 is 0 Å². The summed E-state index contributed by atoms with van der Waals surface area (Å²) in [6.45, 7) is 3.12. The van der Waals surface area contributed by atoms with Gasteiger partial charge in [0.15, 0.2) is 0 Å². The van der Waals surface area contributed by atoms with Crippen LogP contribution in [-0.2, 0) is 6.42 Å². The molecule has 2 rings (SSSR count). The zero-order chi connectivity index (χ0) is 11.5. The number of aryl methyl sites for hydroxylation is 1. The standard InChI is InChI=1S/C12H17NO3/c1-2-11-10(5-7-16-11)12(15)13-6-3-4-9(14)8-13/h5,7,9,14H,2-4,6,8H2,1H3. The molecule has 1 fully saturated rings. The van der Waals surface area contributed by atoms with E-state index in [1.165, 1.54) is 0 Å². The molecule has 0 aliphatic carbocycles. The SMILES string of the molecule is CCc1occc1C(=O)N1CCCC(O)C1. The fraction of sp³-hybridized carbons (Fsp3) is 0.583. The van der Waals surface area contributed by atoms with Gasteiger partial charge in [0.1, 0.15) is 5.76 Å². The molecule has 1 saturated heterocycles. The second-order valence-corrected chi connectivity index (χ2v) is 4.16. The summed E-state index contributed by atoms with van der Waals surface area (Å²) < 4.78 is 5.24. The van der Waals surface area contributed by atoms with Gasteiger partial charge in [0.25, 0.3) is 5.91 Å². The van der Waals surface area contributed by atoms with Gasteiger partial charge in [-0.3, -0.25) is 4.79 Å². The highest BCUT2D eigenvalue weighted by Crippen LogP contribution is 2.17. The van der Waals surface area contributed by atoms with E-state index in [0.29, 0.717) is 18.5 Å². The van der Waals surface area contributed by atoms with Crippen molar-refractivity contribution < 1.29 is 14.3 Å². The third-order valence-electron chi connectivity index (χ3n) is 2.98. The Morgan fingerprint density at radius 2 is 2.50 bits per heavy atom. The lowest BCUT2D eigenvalue weighted by Gasteiger charge is -2.30. The molecular weight excluding hydrogens is 206 g/mol. The maximum absolute atomic E-state index is 12.1. The van der Waals surface area contributed by atoms with Crippen LogP contribution >= 0.6 is 0 Å². The first-order valence-electron chi connectivity index (χ1n) is 5.76. The molecule has 4 nitrogen and oxygen atoms in total. The maximum atomic E-state index is 12.1. The third kappa shape index (κ3) is 2.11. The highest BCUT2D eigenvalue weighted by Gasteiger charge is 2.25. The van der Waals surface area contributed by atoms with Crippen molar-refractivity contribution in [3.63, 3.8) is 0 Å². The molecular formula is C12H17NO3. The largest absolute Gasteiger partial charge is 0.469 e. The molecule has 1 aliphatic heterocycles. The smallest absolute Gasteiger partial charge is 0.257 e. The van der Waals surface area contributed by atoms with E-state index in [-0.39, 0.29) is 12.0 Å². The van der Waals surface area contributed by atoms with E-state index >= 15 is 0 Å². The van der Waals surface area contributed by atoms with Crippen molar-refractivity contribution in [2.24, 2.45) is 0 Å². The Morgan fingerprint density at radius 3 is 3.19 bits per heavy atom. The molecule has 1 atom stereocenters. The van der Waals surface area contributed by atoms with Crippen molar-refractivity contribution in [3.8, 4) is 0 Å². The molecule has 0 spiro atoms. The van der Waals surface area contributed by atoms with Crippen LogP contribution in [0.5, 0.6) is 0 Å². The summed E-state index contributed by atoms with van der Waals surface area (Å²) in [6.07, 6.45) is 3.54. The molecule has 4 heteroatoms. The normalized spacial score (nSPS) is 21.1. The van der Waals surface area contributed by atoms with Gasteiger partial charge in [-0.25, -0.2) is 0 Å². The zero-order valence-corrected chi connectivity index (χ0v) is 9.48. The molecule has 0 bridgehead atoms. The van der Waals surface area contributed by atoms with Crippen molar-refractivity contribution >= 4 is 5.91 Å². The number of hydrogen-bond donors (Lipinski definition) is 1. The number of likely N-dealkylation sites (tertiary alicyclic amines) is 1. The van der Waals surface area contributed by atoms with E-state index in [9.17, 15) is 9.90 Å². The van der Waals surface area contributed by atoms with E-state index in [2.05, 4.69) is 0 Å². The van der Waals surface area contributed by atoms with Crippen LogP contribution in [0.25, 0.3) is 0 Å². The van der Waals surface area contributed by atoms with Crippen LogP contribution < -0.4 is 0 Å². The van der Waals surface area contributed by atoms with E-state index in [1.807, 2.05) is 6.92 Å². The van der Waals surface area contributed by atoms with Crippen molar-refractivity contribution in [2.45, 2.75) is 32.3 Å². The quantitative estimate of drug-likeness (QED) is 0.825. The lowest BCUT2D eigenvalue weighted by Crippen LogP contribution is -2.42. The van der Waals surface area contributed by atoms with Gasteiger partial charge in [0.2, 0.25) is 0 Å². The summed E-state index contributed by atoms with van der Waals surface area (Å²) in [4.78, 5) is 13.8. The number of hydrogen-bond acceptors (Lipinski definition) is 3. The summed E-state index contributed by atoms with van der Waals surface area (Å²) in [5, 5.41) is 9.54. The number of rotatable bonds is 2. The van der Waals surface area contributed by atoms with Gasteiger partial charge in [-0.1, -0.05) is 6.92 Å². The Bertz CT molecular complexity index is 372. The minimum atomic E-state index is -0.380. The molecule has 16 heavy (non-hydrogen) atoms. The maximum Gasteiger partial charge on any atom is 0.257 e. The molecule has 0 radical (unpaired) electrons. The minimum absolute atomic E-state index is 0.0237. The number of amides is 1. The Hall–Kier alpha value is -1.29. The number of aliphatic hydroxyl groups is 1. The molecule has 2 heterocycles. The van der Waals surface area contributed by atoms with E-state index in [0.717, 1.165) is 25.1 Å². The molecule has 88 valence electrons. The van der Waals surface area contributed by atoms with Crippen molar-refractivity contribution in [3.05, 3.63) is 23.7 Å². The van der Waals surface area contributed by atoms with Crippen molar-refractivity contribution in [1.82, 2.24) is 4.90 Å². The number of carbonyl (C=O) groups is 1. The predicted molar refractivity (Wildman–Crippen MR) is 59.2 cm³/mol. The predicted octanol–water partition coefficient (Wildman–Crippen LogP) is 1.44. The number of aliphatic hydroxyl groups excluding tert-OH is 1. The van der Waals surface area contributed by atoms with Crippen LogP contribution in [0.1, 0.15) is 35.9 Å². The van der Waals surface area contributed by atoms with E-state index in [1.54, 1.807) is 17.2 Å². The van der Waals surface area contributed by atoms with Crippen LogP contribution in [-0.4, -0.2) is 35.1 Å². The summed E-state index contributed by atoms with van der Waals surface area (Å²) in [7, 11) is 0. The average molecular weight is 223 g/mol. The van der Waals surface area contributed by atoms with Gasteiger partial charge < -0.3 is 14.4 Å². The lowest BCUT2D eigenvalue weighted by molar-refractivity contribution is 0.0472. The Labute approximate surface area is 94.9 Å². The van der Waals surface area contributed by atoms with Gasteiger partial charge in [0, 0.05) is 19.5 Å². The van der Waals surface area contributed by atoms with Gasteiger partial charge in [0.05, 0.1) is 17.9 Å². The minimum Gasteiger partial charge on any atom is -0.469 e. The highest BCUT2D eigenvalue weighted by atomic mass is 16.3. The topological polar surface area (TPSA) is 53.7 Å². The molecule has 1 N–H and O–H groups in total. The third-order valence-corrected chi connectivity index (χ3v) is 2.98. The summed E-state index contributed by atoms with van der Waals surface area (Å²) >= 11 is 0. The second kappa shape index (κ2) is 4.70. The second-order valence-electron chi connectivity index (χ2n) is 4.16. The van der Waals surface area contributed by atoms with Crippen molar-refractivity contribution in [2.75, 3.05) is 13.1 Å². The Kier molecular flexibility index (Phi) is 3.29. The fourth-order valence-electron chi connectivity index (χ4n) is 2.11. The number of β-amino-alcohol motifs (C(OH)–C–C–N with tert-alkyl or cyclic N) is 1. The molecule has 0 aromatic carbocycles. The molecule has 1 aromatic heterocycles. The lowest BCUT2D eigenvalue weighted by atomic mass is 10.1. The summed E-state index contributed by atoms with van der Waals surface area (Å²) in [5.74, 6) is 0.703. The van der Waals surface area contributed by atoms with Gasteiger partial charge in [-0.2, -0.15) is 0 Å². The fourth-order valence-corrected chi connectivity index (χ4v) is 2.11. The highest BCUT2D eigenvalue weighted by molar-refractivity contribution is 5.95. The Balaban J connectivity index is 2.12. The van der Waals surface area contributed by atoms with E-state index < -0.39 is 0 Å². The molecule has 0 saturated carbocycles. The van der Waals surface area contributed by atoms with Gasteiger partial charge in [-0.15, -0.1) is 0 Å². The monoisotopic (exact) mass is 223 g/mol. The first-order valence-corrected chi connectivity index (χ1v) is 5.76. The van der Waals surface area contributed by atoms with Crippen LogP contribution in [0, 0.1) is 0 Å². The number of piperidine rings is 1. The van der Waals surface area contributed by atoms with Crippen LogP contribution in [0.4, 0.5) is 0 Å². The van der Waals surface area contributed by atoms with Gasteiger partial charge in [-0.05, 0) is 18.9 Å².